The molecule has 29 heavy (non-hydrogen) atoms. The quantitative estimate of drug-likeness (QED) is 0.616. The first kappa shape index (κ1) is 18.4. The topological polar surface area (TPSA) is 72.7 Å². The molecule has 1 atom stereocenters. The molecule has 1 N–H and O–H groups in total. The fourth-order valence-electron chi connectivity index (χ4n) is 3.80. The summed E-state index contributed by atoms with van der Waals surface area (Å²) < 4.78 is 1.80. The van der Waals surface area contributed by atoms with Gasteiger partial charge in [0.1, 0.15) is 6.04 Å². The van der Waals surface area contributed by atoms with E-state index in [-0.39, 0.29) is 11.8 Å². The average Bonchev–Trinajstić information content (AvgIpc) is 3.15. The molecule has 2 aliphatic rings. The van der Waals surface area contributed by atoms with Crippen LogP contribution in [-0.4, -0.2) is 25.5 Å². The average molecular weight is 424 g/mol. The maximum Gasteiger partial charge on any atom is 0.227 e. The van der Waals surface area contributed by atoms with Crippen molar-refractivity contribution < 1.29 is 4.79 Å². The predicted molar refractivity (Wildman–Crippen MR) is 113 cm³/mol. The molecule has 1 aliphatic heterocycles. The Hall–Kier alpha value is -2.64. The van der Waals surface area contributed by atoms with Gasteiger partial charge in [-0.15, -0.1) is 5.10 Å². The Morgan fingerprint density at radius 1 is 1.17 bits per heavy atom. The third-order valence-electron chi connectivity index (χ3n) is 5.12. The van der Waals surface area contributed by atoms with Crippen LogP contribution in [0.5, 0.6) is 0 Å². The summed E-state index contributed by atoms with van der Waals surface area (Å²) in [6, 6.07) is 13.1. The molecule has 146 valence electrons. The monoisotopic (exact) mass is 423 g/mol. The molecule has 0 amide bonds. The normalized spacial score (nSPS) is 18.2. The maximum absolute atomic E-state index is 12.8. The zero-order chi connectivity index (χ0) is 19.8. The van der Waals surface area contributed by atoms with E-state index in [1.54, 1.807) is 10.9 Å². The van der Waals surface area contributed by atoms with Gasteiger partial charge in [-0.2, -0.15) is 4.98 Å². The van der Waals surface area contributed by atoms with Gasteiger partial charge in [0, 0.05) is 40.2 Å². The third kappa shape index (κ3) is 3.45. The third-order valence-corrected chi connectivity index (χ3v) is 6.34. The molecule has 0 bridgehead atoms. The van der Waals surface area contributed by atoms with Gasteiger partial charge >= 0.3 is 0 Å². The van der Waals surface area contributed by atoms with Crippen LogP contribution in [0.3, 0.4) is 0 Å². The van der Waals surface area contributed by atoms with E-state index in [0.29, 0.717) is 28.3 Å². The van der Waals surface area contributed by atoms with Crippen molar-refractivity contribution in [3.63, 3.8) is 0 Å². The highest BCUT2D eigenvalue weighted by molar-refractivity contribution is 7.98. The number of rotatable bonds is 4. The fourth-order valence-corrected chi connectivity index (χ4v) is 4.79. The van der Waals surface area contributed by atoms with Gasteiger partial charge < -0.3 is 5.32 Å². The minimum Gasteiger partial charge on any atom is -0.328 e. The highest BCUT2D eigenvalue weighted by atomic mass is 35.5. The van der Waals surface area contributed by atoms with Crippen LogP contribution in [-0.2, 0) is 10.5 Å². The van der Waals surface area contributed by atoms with Gasteiger partial charge in [0.15, 0.2) is 5.78 Å². The number of carbonyl (C=O) groups is 1. The Morgan fingerprint density at radius 2 is 2.03 bits per heavy atom. The van der Waals surface area contributed by atoms with E-state index in [9.17, 15) is 4.79 Å². The van der Waals surface area contributed by atoms with Gasteiger partial charge in [-0.05, 0) is 31.0 Å². The van der Waals surface area contributed by atoms with Crippen LogP contribution in [0.2, 0.25) is 5.02 Å². The lowest BCUT2D eigenvalue weighted by Gasteiger charge is -2.32. The SMILES string of the molecule is O=C1CCCC2=C1[C@@H](c1ccccc1Cl)n1nc(SCc3ccccn3)nc1N2. The van der Waals surface area contributed by atoms with Gasteiger partial charge in [-0.25, -0.2) is 4.68 Å². The van der Waals surface area contributed by atoms with Crippen molar-refractivity contribution in [2.75, 3.05) is 5.32 Å². The second-order valence-electron chi connectivity index (χ2n) is 6.99. The first-order valence-corrected chi connectivity index (χ1v) is 10.8. The lowest BCUT2D eigenvalue weighted by atomic mass is 9.85. The summed E-state index contributed by atoms with van der Waals surface area (Å²) in [7, 11) is 0. The van der Waals surface area contributed by atoms with Crippen molar-refractivity contribution in [1.29, 1.82) is 0 Å². The summed E-state index contributed by atoms with van der Waals surface area (Å²) in [5, 5.41) is 9.33. The summed E-state index contributed by atoms with van der Waals surface area (Å²) in [5.74, 6) is 1.46. The number of nitrogens with one attached hydrogen (secondary N) is 1. The zero-order valence-corrected chi connectivity index (χ0v) is 17.1. The summed E-state index contributed by atoms with van der Waals surface area (Å²) in [6.45, 7) is 0. The molecule has 3 aromatic rings. The molecule has 0 unspecified atom stereocenters. The van der Waals surface area contributed by atoms with Crippen molar-refractivity contribution in [2.24, 2.45) is 0 Å². The summed E-state index contributed by atoms with van der Waals surface area (Å²) in [5.41, 5.74) is 3.52. The molecule has 1 aromatic carbocycles. The standard InChI is InChI=1S/C21H18ClN5OS/c22-15-8-2-1-7-14(15)19-18-16(9-5-10-17(18)28)24-20-25-21(26-27(19)20)29-12-13-6-3-4-11-23-13/h1-4,6-8,11,19H,5,9-10,12H2,(H,24,25,26)/t19-/m1/s1. The summed E-state index contributed by atoms with van der Waals surface area (Å²) in [6.07, 6.45) is 3.99. The number of anilines is 1. The van der Waals surface area contributed by atoms with Gasteiger partial charge in [0.25, 0.3) is 0 Å². The largest absolute Gasteiger partial charge is 0.328 e. The molecule has 2 aromatic heterocycles. The van der Waals surface area contributed by atoms with E-state index in [1.807, 2.05) is 42.5 Å². The number of ketones is 1. The van der Waals surface area contributed by atoms with Crippen molar-refractivity contribution >= 4 is 35.1 Å². The highest BCUT2D eigenvalue weighted by Crippen LogP contribution is 2.42. The van der Waals surface area contributed by atoms with E-state index >= 15 is 0 Å². The Labute approximate surface area is 177 Å². The van der Waals surface area contributed by atoms with E-state index in [0.717, 1.165) is 35.4 Å². The molecule has 1 aliphatic carbocycles. The number of benzene rings is 1. The number of allylic oxidation sites excluding steroid dienone is 2. The number of fused-ring (bicyclic) bond motifs is 1. The van der Waals surface area contributed by atoms with E-state index in [1.165, 1.54) is 11.8 Å². The minimum absolute atomic E-state index is 0.146. The van der Waals surface area contributed by atoms with Gasteiger partial charge in [-0.1, -0.05) is 47.6 Å². The van der Waals surface area contributed by atoms with Crippen LogP contribution in [0.1, 0.15) is 36.6 Å². The number of thioether (sulfide) groups is 1. The molecule has 0 saturated heterocycles. The van der Waals surface area contributed by atoms with E-state index in [2.05, 4.69) is 15.3 Å². The minimum atomic E-state index is -0.362. The molecule has 0 fully saturated rings. The van der Waals surface area contributed by atoms with Crippen molar-refractivity contribution in [3.8, 4) is 0 Å². The van der Waals surface area contributed by atoms with Crippen LogP contribution >= 0.6 is 23.4 Å². The summed E-state index contributed by atoms with van der Waals surface area (Å²) in [4.78, 5) is 21.9. The second kappa shape index (κ2) is 7.65. The Balaban J connectivity index is 1.54. The first-order valence-electron chi connectivity index (χ1n) is 9.47. The number of nitrogens with zero attached hydrogens (tertiary/aromatic N) is 4. The van der Waals surface area contributed by atoms with Gasteiger partial charge in [0.2, 0.25) is 11.1 Å². The van der Waals surface area contributed by atoms with Crippen molar-refractivity contribution in [3.05, 3.63) is 76.2 Å². The Kier molecular flexibility index (Phi) is 4.85. The zero-order valence-electron chi connectivity index (χ0n) is 15.5. The number of hydrogen-bond acceptors (Lipinski definition) is 6. The molecular weight excluding hydrogens is 406 g/mol. The summed E-state index contributed by atoms with van der Waals surface area (Å²) >= 11 is 8.04. The van der Waals surface area contributed by atoms with Gasteiger partial charge in [0.05, 0.1) is 5.69 Å². The number of aromatic nitrogens is 4. The smallest absolute Gasteiger partial charge is 0.227 e. The van der Waals surface area contributed by atoms with Crippen LogP contribution < -0.4 is 5.32 Å². The van der Waals surface area contributed by atoms with Crippen LogP contribution in [0.15, 0.2) is 65.1 Å². The number of hydrogen-bond donors (Lipinski definition) is 1. The highest BCUT2D eigenvalue weighted by Gasteiger charge is 2.37. The van der Waals surface area contributed by atoms with Crippen LogP contribution in [0.25, 0.3) is 0 Å². The lowest BCUT2D eigenvalue weighted by molar-refractivity contribution is -0.116. The number of pyridine rings is 1. The molecule has 0 spiro atoms. The molecule has 6 nitrogen and oxygen atoms in total. The second-order valence-corrected chi connectivity index (χ2v) is 8.34. The molecule has 3 heterocycles. The molecule has 5 rings (SSSR count). The van der Waals surface area contributed by atoms with Crippen LogP contribution in [0, 0.1) is 0 Å². The number of carbonyl (C=O) groups excluding carboxylic acids is 1. The first-order chi connectivity index (χ1) is 14.2. The maximum atomic E-state index is 12.8. The van der Waals surface area contributed by atoms with Crippen molar-refractivity contribution in [1.82, 2.24) is 19.7 Å². The molecule has 0 saturated carbocycles. The number of Topliss-reactive ketones (excluding diaryl/α,β-unsaturated/α-hetero) is 1. The van der Waals surface area contributed by atoms with E-state index in [4.69, 9.17) is 16.7 Å². The molecule has 8 heteroatoms. The van der Waals surface area contributed by atoms with E-state index < -0.39 is 0 Å². The Morgan fingerprint density at radius 3 is 2.86 bits per heavy atom. The van der Waals surface area contributed by atoms with Crippen LogP contribution in [0.4, 0.5) is 5.95 Å². The lowest BCUT2D eigenvalue weighted by Crippen LogP contribution is -2.31. The molecular formula is C21H18ClN5OS. The van der Waals surface area contributed by atoms with Crippen molar-refractivity contribution in [2.45, 2.75) is 36.2 Å². The Bertz CT molecular complexity index is 1110. The predicted octanol–water partition coefficient (Wildman–Crippen LogP) is 4.64. The molecule has 0 radical (unpaired) electrons. The fraction of sp³-hybridized carbons (Fsp3) is 0.238. The number of halogens is 1. The van der Waals surface area contributed by atoms with Gasteiger partial charge in [-0.3, -0.25) is 9.78 Å².